The molecule has 6 atom stereocenters. The Morgan fingerprint density at radius 1 is 1.13 bits per heavy atom. The molecule has 16 nitrogen and oxygen atoms in total. The number of hydrogen-bond acceptors (Lipinski definition) is 14. The maximum absolute atomic E-state index is 12.2. The van der Waals surface area contributed by atoms with Crippen LogP contribution in [0, 0.1) is 0 Å². The maximum atomic E-state index is 12.2. The van der Waals surface area contributed by atoms with Crippen molar-refractivity contribution in [2.24, 2.45) is 0 Å². The molecule has 0 bridgehead atoms. The fraction of sp³-hybridized carbons (Fsp3) is 0.353. The van der Waals surface area contributed by atoms with E-state index in [2.05, 4.69) is 14.0 Å². The van der Waals surface area contributed by atoms with E-state index in [4.69, 9.17) is 10.5 Å². The Bertz CT molecular complexity index is 1220. The summed E-state index contributed by atoms with van der Waals surface area (Å²) < 4.78 is 38.4. The zero-order valence-corrected chi connectivity index (χ0v) is 28.3. The number of nitrogens with two attached hydrogens (primary N) is 1. The minimum atomic E-state index is -5.96. The van der Waals surface area contributed by atoms with Gasteiger partial charge in [-0.25, -0.2) is 4.79 Å². The molecule has 192 valence electrons. The smallest absolute Gasteiger partial charge is 0.809 e. The number of phosphoric acid groups is 1. The topological polar surface area (TPSA) is 261 Å². The zero-order chi connectivity index (χ0) is 26.0. The number of amides is 1. The number of phosphoric ester groups is 1. The fourth-order valence-electron chi connectivity index (χ4n) is 3.01. The number of nitrogens with zero attached hydrogens (tertiary/aromatic N) is 2. The van der Waals surface area contributed by atoms with Crippen molar-refractivity contribution in [3.63, 3.8) is 0 Å². The number of hydrogen-bond donors (Lipinski definition) is 4. The van der Waals surface area contributed by atoms with Gasteiger partial charge >= 0.3 is 94.4 Å². The van der Waals surface area contributed by atoms with Crippen molar-refractivity contribution in [1.82, 2.24) is 9.55 Å². The van der Waals surface area contributed by atoms with Crippen molar-refractivity contribution < 1.29 is 141 Å². The van der Waals surface area contributed by atoms with Crippen molar-refractivity contribution in [1.29, 1.82) is 0 Å². The minimum absolute atomic E-state index is 0. The Kier molecular flexibility index (Phi) is 16.4. The number of aliphatic hydroxyl groups is 2. The number of aliphatic hydroxyl groups excluding tert-OH is 2. The van der Waals surface area contributed by atoms with Gasteiger partial charge in [-0.2, -0.15) is 4.98 Å². The number of nitrogens with one attached hydrogen (secondary N) is 1. The number of carbonyl (C=O) groups is 1. The number of anilines is 2. The van der Waals surface area contributed by atoms with Crippen LogP contribution in [0.3, 0.4) is 0 Å². The molecule has 0 radical (unpaired) electrons. The monoisotopic (exact) mass is 602 g/mol. The maximum Gasteiger partial charge on any atom is 1.00 e. The molecule has 1 aromatic carbocycles. The van der Waals surface area contributed by atoms with Crippen LogP contribution >= 0.6 is 15.4 Å². The average Bonchev–Trinajstić information content (AvgIpc) is 3.04. The number of rotatable bonds is 9. The van der Waals surface area contributed by atoms with E-state index in [0.29, 0.717) is 0 Å². The number of carbonyl (C=O) groups excluding carboxylic acids is 1. The van der Waals surface area contributed by atoms with Gasteiger partial charge in [-0.3, -0.25) is 18.5 Å². The molecule has 0 saturated carbocycles. The molecule has 0 aliphatic carbocycles. The van der Waals surface area contributed by atoms with Crippen molar-refractivity contribution in [2.75, 3.05) is 17.7 Å². The van der Waals surface area contributed by atoms with E-state index in [1.54, 1.807) is 6.07 Å². The van der Waals surface area contributed by atoms with Crippen LogP contribution in [0.15, 0.2) is 47.4 Å². The van der Waals surface area contributed by atoms with Crippen LogP contribution in [0.4, 0.5) is 11.5 Å². The van der Waals surface area contributed by atoms with Crippen LogP contribution in [-0.2, 0) is 27.7 Å². The summed E-state index contributed by atoms with van der Waals surface area (Å²) in [6, 6.07) is 8.42. The number of nitrogen functional groups attached to an aromatic ring is 1. The van der Waals surface area contributed by atoms with Gasteiger partial charge in [0.15, 0.2) is 12.1 Å². The first kappa shape index (κ1) is 38.5. The van der Waals surface area contributed by atoms with E-state index >= 15 is 0 Å². The summed E-state index contributed by atoms with van der Waals surface area (Å²) in [6.45, 7) is -1.04. The molecule has 1 fully saturated rings. The minimum Gasteiger partial charge on any atom is -0.809 e. The van der Waals surface area contributed by atoms with Crippen molar-refractivity contribution in [2.45, 2.75) is 30.4 Å². The molecule has 1 saturated heterocycles. The van der Waals surface area contributed by atoms with Gasteiger partial charge in [0.1, 0.15) is 24.1 Å². The summed E-state index contributed by atoms with van der Waals surface area (Å²) in [6.07, 6.45) is -5.45. The van der Waals surface area contributed by atoms with E-state index < -0.39 is 64.0 Å². The normalized spacial score (nSPS) is 23.1. The molecule has 0 spiro atoms. The zero-order valence-electron chi connectivity index (χ0n) is 20.5. The molecule has 1 amide bonds. The van der Waals surface area contributed by atoms with Gasteiger partial charge < -0.3 is 49.8 Å². The Labute approximate surface area is 281 Å². The Morgan fingerprint density at radius 2 is 1.74 bits per heavy atom. The summed E-state index contributed by atoms with van der Waals surface area (Å²) in [7, 11) is -11.6. The second-order valence-corrected chi connectivity index (χ2v) is 10.1. The second-order valence-electron chi connectivity index (χ2n) is 7.18. The van der Waals surface area contributed by atoms with Gasteiger partial charge in [-0.15, -0.1) is 0 Å². The third-order valence-electron chi connectivity index (χ3n) is 4.64. The predicted molar refractivity (Wildman–Crippen MR) is 110 cm³/mol. The van der Waals surface area contributed by atoms with Gasteiger partial charge in [-0.1, -0.05) is 18.2 Å². The Morgan fingerprint density at radius 3 is 2.29 bits per heavy atom. The molecule has 1 aromatic heterocycles. The van der Waals surface area contributed by atoms with Crippen molar-refractivity contribution >= 4 is 32.8 Å². The Hall–Kier alpha value is 0.510. The average molecular weight is 602 g/mol. The quantitative estimate of drug-likeness (QED) is 0.153. The number of ether oxygens (including phenoxy) is 1. The van der Waals surface area contributed by atoms with Crippen LogP contribution in [0.2, 0.25) is 0 Å². The van der Waals surface area contributed by atoms with Gasteiger partial charge in [-0.05, 0) is 25.8 Å². The van der Waals surface area contributed by atoms with Crippen molar-refractivity contribution in [3.05, 3.63) is 53.1 Å². The molecule has 2 unspecified atom stereocenters. The van der Waals surface area contributed by atoms with Crippen LogP contribution in [0.1, 0.15) is 6.23 Å². The summed E-state index contributed by atoms with van der Waals surface area (Å²) in [5.74, 6) is -4.71. The van der Waals surface area contributed by atoms with Crippen LogP contribution in [0.5, 0.6) is 0 Å². The predicted octanol–water partition coefficient (Wildman–Crippen LogP) is -12.2. The second kappa shape index (κ2) is 16.2. The van der Waals surface area contributed by atoms with Crippen molar-refractivity contribution in [3.8, 4) is 0 Å². The molecular formula is C17H19N4Na3O12P2. The summed E-state index contributed by atoms with van der Waals surface area (Å²) in [4.78, 5) is 62.7. The fourth-order valence-corrected chi connectivity index (χ4v) is 4.90. The number of para-hydroxylation sites is 1. The molecule has 1 aliphatic heterocycles. The van der Waals surface area contributed by atoms with Gasteiger partial charge in [0, 0.05) is 11.9 Å². The molecule has 21 heteroatoms. The number of aromatic nitrogens is 2. The Balaban J connectivity index is 0.00000456. The van der Waals surface area contributed by atoms with E-state index in [1.807, 2.05) is 5.32 Å². The van der Waals surface area contributed by atoms with E-state index in [0.717, 1.165) is 10.8 Å². The molecule has 1 aliphatic rings. The molecule has 3 rings (SSSR count). The standard InChI is InChI=1S/C17H22N4O12P2.3Na/c18-11-6-7-21(17(25)20-11)15-13(23)12(22)10(32-15)8-31-35(29,30)33-16(34(26,27)28)14(24)19-9-4-2-1-3-5-9;;;/h1-7,10,12-13,15-16,22-23H,8H2,(H,19,24)(H,29,30)(H2,18,20,25)(H2,26,27,28);;;/q;3*+1/p-3/t10-,12-,13-,15-,16?;;;/m1.../s1. The van der Waals surface area contributed by atoms with Gasteiger partial charge in [0.2, 0.25) is 0 Å². The first-order chi connectivity index (χ1) is 16.3. The first-order valence-electron chi connectivity index (χ1n) is 9.66. The van der Waals surface area contributed by atoms with Gasteiger partial charge in [0.25, 0.3) is 13.7 Å². The van der Waals surface area contributed by atoms with E-state index in [-0.39, 0.29) is 100 Å². The third kappa shape index (κ3) is 10.4. The molecule has 5 N–H and O–H groups in total. The molecule has 2 aromatic rings. The summed E-state index contributed by atoms with van der Waals surface area (Å²) in [5, 5.41) is 22.3. The number of benzene rings is 1. The first-order valence-corrected chi connectivity index (χ1v) is 12.7. The molecule has 38 heavy (non-hydrogen) atoms. The molecule has 2 heterocycles. The van der Waals surface area contributed by atoms with Crippen LogP contribution in [0.25, 0.3) is 0 Å². The third-order valence-corrected chi connectivity index (χ3v) is 6.66. The van der Waals surface area contributed by atoms with Crippen LogP contribution in [-0.4, -0.2) is 56.4 Å². The molecular weight excluding hydrogens is 583 g/mol. The summed E-state index contributed by atoms with van der Waals surface area (Å²) in [5.41, 5.74) is 4.49. The SMILES string of the molecule is Nc1ccn([C@@H]2O[C@H](COP(=O)([O-])OC(C(=O)Nc3ccccc3)P(=O)([O-])[O-])[C@@H](O)[C@H]2O)c(=O)n1.[Na+].[Na+].[Na+]. The van der Waals surface area contributed by atoms with E-state index in [9.17, 15) is 43.6 Å². The summed E-state index contributed by atoms with van der Waals surface area (Å²) >= 11 is 0. The van der Waals surface area contributed by atoms with E-state index in [1.165, 1.54) is 30.3 Å². The van der Waals surface area contributed by atoms with Crippen LogP contribution < -0.4 is 120 Å². The van der Waals surface area contributed by atoms with Gasteiger partial charge in [0.05, 0.1) is 6.61 Å². The largest absolute Gasteiger partial charge is 1.00 e.